The summed E-state index contributed by atoms with van der Waals surface area (Å²) in [5.41, 5.74) is -0.937. The Morgan fingerprint density at radius 3 is 2.74 bits per heavy atom. The van der Waals surface area contributed by atoms with Crippen LogP contribution in [0.3, 0.4) is 0 Å². The van der Waals surface area contributed by atoms with Gasteiger partial charge in [0.1, 0.15) is 11.4 Å². The van der Waals surface area contributed by atoms with Gasteiger partial charge in [0.05, 0.1) is 31.1 Å². The van der Waals surface area contributed by atoms with E-state index in [1.54, 1.807) is 0 Å². The van der Waals surface area contributed by atoms with Gasteiger partial charge in [0.2, 0.25) is 17.7 Å². The topological polar surface area (TPSA) is 108 Å². The van der Waals surface area contributed by atoms with E-state index in [9.17, 15) is 23.9 Å². The molecular formula is C18H20FN3O5. The van der Waals surface area contributed by atoms with Crippen LogP contribution in [-0.4, -0.2) is 60.1 Å². The number of hydrogen-bond donors (Lipinski definition) is 3. The van der Waals surface area contributed by atoms with Gasteiger partial charge in [-0.1, -0.05) is 0 Å². The molecule has 0 aromatic heterocycles. The SMILES string of the molecule is COCCN1C(=O)[C@@H]2[C@H]([C@H](C)O)N[C@@]3(C(=O)Nc4ccc(F)cc43)[C@@H]2C1=O. The number of nitrogens with zero attached hydrogens (tertiary/aromatic N) is 1. The van der Waals surface area contributed by atoms with E-state index in [2.05, 4.69) is 10.6 Å². The molecule has 3 N–H and O–H groups in total. The average molecular weight is 377 g/mol. The van der Waals surface area contributed by atoms with Crippen LogP contribution in [0.2, 0.25) is 0 Å². The van der Waals surface area contributed by atoms with E-state index in [1.165, 1.54) is 32.2 Å². The number of amides is 3. The Morgan fingerprint density at radius 2 is 2.07 bits per heavy atom. The van der Waals surface area contributed by atoms with Crippen LogP contribution < -0.4 is 10.6 Å². The summed E-state index contributed by atoms with van der Waals surface area (Å²) in [5, 5.41) is 15.9. The lowest BCUT2D eigenvalue weighted by molar-refractivity contribution is -0.143. The van der Waals surface area contributed by atoms with Gasteiger partial charge in [0, 0.05) is 24.4 Å². The van der Waals surface area contributed by atoms with Gasteiger partial charge in [0.25, 0.3) is 0 Å². The molecule has 8 nitrogen and oxygen atoms in total. The smallest absolute Gasteiger partial charge is 0.250 e. The van der Waals surface area contributed by atoms with E-state index in [-0.39, 0.29) is 18.7 Å². The van der Waals surface area contributed by atoms with E-state index < -0.39 is 53.1 Å². The Kier molecular flexibility index (Phi) is 4.06. The van der Waals surface area contributed by atoms with Crippen molar-refractivity contribution in [2.45, 2.75) is 24.6 Å². The summed E-state index contributed by atoms with van der Waals surface area (Å²) < 4.78 is 18.9. The zero-order chi connectivity index (χ0) is 19.5. The van der Waals surface area contributed by atoms with Gasteiger partial charge >= 0.3 is 0 Å². The number of fused-ring (bicyclic) bond motifs is 4. The molecule has 5 atom stereocenters. The standard InChI is InChI=1S/C18H20FN3O5/c1-8(23)14-12-13(16(25)22(15(12)24)5-6-27-2)18(21-14)10-7-9(19)3-4-11(10)20-17(18)26/h3-4,7-8,12-14,21,23H,5-6H2,1-2H3,(H,20,26)/t8-,12-,13-,14-,18+/m0/s1. The first kappa shape index (κ1) is 18.0. The maximum Gasteiger partial charge on any atom is 0.250 e. The van der Waals surface area contributed by atoms with Crippen LogP contribution in [0.1, 0.15) is 12.5 Å². The van der Waals surface area contributed by atoms with Gasteiger partial charge in [-0.2, -0.15) is 0 Å². The van der Waals surface area contributed by atoms with E-state index >= 15 is 0 Å². The molecule has 0 bridgehead atoms. The van der Waals surface area contributed by atoms with Crippen LogP contribution in [0.5, 0.6) is 0 Å². The first-order valence-electron chi connectivity index (χ1n) is 8.74. The van der Waals surface area contributed by atoms with Crippen molar-refractivity contribution in [2.75, 3.05) is 25.6 Å². The second-order valence-corrected chi connectivity index (χ2v) is 7.19. The molecule has 1 aromatic carbocycles. The summed E-state index contributed by atoms with van der Waals surface area (Å²) in [7, 11) is 1.46. The van der Waals surface area contributed by atoms with Crippen LogP contribution in [0.25, 0.3) is 0 Å². The Labute approximate surface area is 154 Å². The predicted octanol–water partition coefficient (Wildman–Crippen LogP) is -0.427. The normalized spacial score (nSPS) is 32.8. The van der Waals surface area contributed by atoms with Crippen molar-refractivity contribution in [3.63, 3.8) is 0 Å². The van der Waals surface area contributed by atoms with E-state index in [0.29, 0.717) is 5.69 Å². The predicted molar refractivity (Wildman–Crippen MR) is 90.9 cm³/mol. The number of hydrogen-bond acceptors (Lipinski definition) is 6. The van der Waals surface area contributed by atoms with Gasteiger partial charge in [0.15, 0.2) is 0 Å². The van der Waals surface area contributed by atoms with Gasteiger partial charge < -0.3 is 15.2 Å². The minimum atomic E-state index is -1.60. The number of aliphatic hydroxyl groups excluding tert-OH is 1. The quantitative estimate of drug-likeness (QED) is 0.615. The molecule has 3 aliphatic rings. The third-order valence-electron chi connectivity index (χ3n) is 5.74. The summed E-state index contributed by atoms with van der Waals surface area (Å²) in [6.07, 6.45) is -0.999. The van der Waals surface area contributed by atoms with E-state index in [1.807, 2.05) is 0 Å². The molecule has 27 heavy (non-hydrogen) atoms. The summed E-state index contributed by atoms with van der Waals surface area (Å²) in [4.78, 5) is 40.1. The zero-order valence-electron chi connectivity index (χ0n) is 14.9. The number of nitrogens with one attached hydrogen (secondary N) is 2. The molecule has 4 rings (SSSR count). The fraction of sp³-hybridized carbons (Fsp3) is 0.500. The van der Waals surface area contributed by atoms with Crippen LogP contribution in [-0.2, 0) is 24.7 Å². The first-order valence-corrected chi connectivity index (χ1v) is 8.74. The number of likely N-dealkylation sites (tertiary alicyclic amines) is 1. The van der Waals surface area contributed by atoms with Crippen molar-refractivity contribution in [2.24, 2.45) is 11.8 Å². The molecule has 144 valence electrons. The molecule has 0 radical (unpaired) electrons. The second kappa shape index (κ2) is 6.08. The molecule has 3 aliphatic heterocycles. The molecule has 2 fully saturated rings. The highest BCUT2D eigenvalue weighted by atomic mass is 19.1. The lowest BCUT2D eigenvalue weighted by atomic mass is 9.76. The molecule has 1 spiro atoms. The number of imide groups is 1. The van der Waals surface area contributed by atoms with Crippen LogP contribution in [0.4, 0.5) is 10.1 Å². The number of rotatable bonds is 4. The van der Waals surface area contributed by atoms with Crippen LogP contribution in [0, 0.1) is 17.7 Å². The number of carbonyl (C=O) groups is 3. The highest BCUT2D eigenvalue weighted by molar-refractivity contribution is 6.15. The summed E-state index contributed by atoms with van der Waals surface area (Å²) >= 11 is 0. The lowest BCUT2D eigenvalue weighted by Gasteiger charge is -2.30. The molecule has 0 unspecified atom stereocenters. The zero-order valence-corrected chi connectivity index (χ0v) is 14.9. The third-order valence-corrected chi connectivity index (χ3v) is 5.74. The first-order chi connectivity index (χ1) is 12.8. The summed E-state index contributed by atoms with van der Waals surface area (Å²) in [6, 6.07) is 3.01. The molecule has 9 heteroatoms. The van der Waals surface area contributed by atoms with Crippen molar-refractivity contribution >= 4 is 23.4 Å². The summed E-state index contributed by atoms with van der Waals surface area (Å²) in [6.45, 7) is 1.71. The monoisotopic (exact) mass is 377 g/mol. The third kappa shape index (κ3) is 2.28. The van der Waals surface area contributed by atoms with Crippen molar-refractivity contribution in [3.05, 3.63) is 29.6 Å². The fourth-order valence-electron chi connectivity index (χ4n) is 4.58. The fourth-order valence-corrected chi connectivity index (χ4v) is 4.58. The minimum absolute atomic E-state index is 0.0569. The van der Waals surface area contributed by atoms with Gasteiger partial charge in [-0.05, 0) is 25.1 Å². The van der Waals surface area contributed by atoms with Crippen molar-refractivity contribution in [1.29, 1.82) is 0 Å². The maximum absolute atomic E-state index is 13.9. The number of aliphatic hydroxyl groups is 1. The van der Waals surface area contributed by atoms with Crippen molar-refractivity contribution in [3.8, 4) is 0 Å². The molecule has 0 saturated carbocycles. The second-order valence-electron chi connectivity index (χ2n) is 7.19. The number of methoxy groups -OCH3 is 1. The van der Waals surface area contributed by atoms with E-state index in [0.717, 1.165) is 4.90 Å². The Bertz CT molecular complexity index is 844. The Balaban J connectivity index is 1.86. The number of ether oxygens (including phenoxy) is 1. The summed E-state index contributed by atoms with van der Waals surface area (Å²) in [5.74, 6) is -4.06. The van der Waals surface area contributed by atoms with Gasteiger partial charge in [-0.25, -0.2) is 4.39 Å². The van der Waals surface area contributed by atoms with Crippen molar-refractivity contribution in [1.82, 2.24) is 10.2 Å². The molecule has 1 aromatic rings. The average Bonchev–Trinajstić information content (AvgIpc) is 3.20. The maximum atomic E-state index is 13.9. The Morgan fingerprint density at radius 1 is 1.33 bits per heavy atom. The molecule has 2 saturated heterocycles. The lowest BCUT2D eigenvalue weighted by Crippen LogP contribution is -2.55. The largest absolute Gasteiger partial charge is 0.392 e. The van der Waals surface area contributed by atoms with Gasteiger partial charge in [-0.3, -0.25) is 24.6 Å². The molecular weight excluding hydrogens is 357 g/mol. The highest BCUT2D eigenvalue weighted by Crippen LogP contribution is 2.53. The number of halogens is 1. The molecule has 3 heterocycles. The molecule has 0 aliphatic carbocycles. The van der Waals surface area contributed by atoms with Crippen LogP contribution in [0.15, 0.2) is 18.2 Å². The Hall–Kier alpha value is -2.36. The number of carbonyl (C=O) groups excluding carboxylic acids is 3. The minimum Gasteiger partial charge on any atom is -0.392 e. The highest BCUT2D eigenvalue weighted by Gasteiger charge is 2.71. The van der Waals surface area contributed by atoms with Crippen molar-refractivity contribution < 1.29 is 28.6 Å². The number of anilines is 1. The van der Waals surface area contributed by atoms with Gasteiger partial charge in [-0.15, -0.1) is 0 Å². The van der Waals surface area contributed by atoms with Crippen LogP contribution >= 0.6 is 0 Å². The van der Waals surface area contributed by atoms with E-state index in [4.69, 9.17) is 4.74 Å². The number of benzene rings is 1. The molecule has 3 amide bonds.